The van der Waals surface area contributed by atoms with E-state index in [0.29, 0.717) is 17.9 Å². The van der Waals surface area contributed by atoms with E-state index in [9.17, 15) is 4.57 Å². The molecule has 3 heteroatoms. The Balaban J connectivity index is 3.74. The molecule has 0 N–H and O–H groups in total. The summed E-state index contributed by atoms with van der Waals surface area (Å²) in [5.41, 5.74) is 0.327. The van der Waals surface area contributed by atoms with Crippen LogP contribution in [0, 0.1) is 11.3 Å². The second-order valence-electron chi connectivity index (χ2n) is 4.88. The van der Waals surface area contributed by atoms with Crippen molar-refractivity contribution in [1.29, 1.82) is 0 Å². The van der Waals surface area contributed by atoms with E-state index in [-0.39, 0.29) is 0 Å². The summed E-state index contributed by atoms with van der Waals surface area (Å²) < 4.78 is 16.4. The van der Waals surface area contributed by atoms with Gasteiger partial charge in [-0.1, -0.05) is 27.7 Å². The van der Waals surface area contributed by atoms with Crippen LogP contribution in [0.5, 0.6) is 0 Å². The SMILES string of the molecule is CCO[PH](=O)CC(C)CC(C)(C)C. The third kappa shape index (κ3) is 8.52. The number of hydrogen-bond acceptors (Lipinski definition) is 2. The van der Waals surface area contributed by atoms with Crippen LogP contribution >= 0.6 is 8.03 Å². The van der Waals surface area contributed by atoms with Crippen molar-refractivity contribution in [3.8, 4) is 0 Å². The topological polar surface area (TPSA) is 26.3 Å². The van der Waals surface area contributed by atoms with E-state index in [1.54, 1.807) is 0 Å². The Kier molecular flexibility index (Phi) is 5.91. The van der Waals surface area contributed by atoms with Crippen LogP contribution in [0.2, 0.25) is 0 Å². The van der Waals surface area contributed by atoms with Gasteiger partial charge in [-0.05, 0) is 24.7 Å². The maximum absolute atomic E-state index is 11.3. The third-order valence-electron chi connectivity index (χ3n) is 1.78. The molecule has 13 heavy (non-hydrogen) atoms. The van der Waals surface area contributed by atoms with E-state index >= 15 is 0 Å². The molecular formula is C10H23O2P. The Morgan fingerprint density at radius 1 is 1.38 bits per heavy atom. The number of rotatable bonds is 5. The van der Waals surface area contributed by atoms with Gasteiger partial charge in [-0.25, -0.2) is 0 Å². The molecule has 0 radical (unpaired) electrons. The number of hydrogen-bond donors (Lipinski definition) is 0. The molecule has 0 aliphatic heterocycles. The minimum Gasteiger partial charge on any atom is -0.331 e. The van der Waals surface area contributed by atoms with Gasteiger partial charge in [-0.15, -0.1) is 0 Å². The summed E-state index contributed by atoms with van der Waals surface area (Å²) in [5.74, 6) is 0.498. The molecule has 0 fully saturated rings. The standard InChI is InChI=1S/C10H23O2P/c1-6-12-13(11)8-9(2)7-10(3,4)5/h9,13H,6-8H2,1-5H3. The molecule has 0 aromatic heterocycles. The summed E-state index contributed by atoms with van der Waals surface area (Å²) in [7, 11) is -1.76. The first kappa shape index (κ1) is 13.2. The van der Waals surface area contributed by atoms with Crippen molar-refractivity contribution in [3.63, 3.8) is 0 Å². The molecule has 0 bridgehead atoms. The van der Waals surface area contributed by atoms with Crippen LogP contribution in [0.25, 0.3) is 0 Å². The van der Waals surface area contributed by atoms with Crippen molar-refractivity contribution in [2.75, 3.05) is 12.8 Å². The van der Waals surface area contributed by atoms with E-state index in [0.717, 1.165) is 12.6 Å². The molecule has 0 aliphatic rings. The average Bonchev–Trinajstić information content (AvgIpc) is 1.81. The van der Waals surface area contributed by atoms with Gasteiger partial charge in [0.15, 0.2) is 8.03 Å². The van der Waals surface area contributed by atoms with Gasteiger partial charge in [0.1, 0.15) is 0 Å². The zero-order valence-corrected chi connectivity index (χ0v) is 10.5. The van der Waals surface area contributed by atoms with Gasteiger partial charge in [-0.3, -0.25) is 4.57 Å². The summed E-state index contributed by atoms with van der Waals surface area (Å²) >= 11 is 0. The first-order valence-corrected chi connectivity index (χ1v) is 6.53. The van der Waals surface area contributed by atoms with E-state index in [2.05, 4.69) is 27.7 Å². The zero-order valence-electron chi connectivity index (χ0n) is 9.52. The molecule has 0 saturated heterocycles. The second kappa shape index (κ2) is 5.82. The average molecular weight is 206 g/mol. The summed E-state index contributed by atoms with van der Waals surface area (Å²) in [6.07, 6.45) is 1.84. The van der Waals surface area contributed by atoms with Gasteiger partial charge >= 0.3 is 0 Å². The van der Waals surface area contributed by atoms with Gasteiger partial charge in [-0.2, -0.15) is 0 Å². The maximum atomic E-state index is 11.3. The van der Waals surface area contributed by atoms with Crippen molar-refractivity contribution in [2.24, 2.45) is 11.3 Å². The summed E-state index contributed by atoms with van der Waals surface area (Å²) in [4.78, 5) is 0. The Bertz CT molecular complexity index is 161. The van der Waals surface area contributed by atoms with E-state index < -0.39 is 8.03 Å². The monoisotopic (exact) mass is 206 g/mol. The smallest absolute Gasteiger partial charge is 0.191 e. The predicted molar refractivity (Wildman–Crippen MR) is 58.7 cm³/mol. The molecule has 2 atom stereocenters. The molecule has 0 spiro atoms. The first-order valence-electron chi connectivity index (χ1n) is 5.00. The fraction of sp³-hybridized carbons (Fsp3) is 1.00. The van der Waals surface area contributed by atoms with Gasteiger partial charge in [0.25, 0.3) is 0 Å². The van der Waals surface area contributed by atoms with Crippen molar-refractivity contribution in [2.45, 2.75) is 41.0 Å². The van der Waals surface area contributed by atoms with Gasteiger partial charge in [0.2, 0.25) is 0 Å². The molecule has 0 saturated carbocycles. The highest BCUT2D eigenvalue weighted by Crippen LogP contribution is 2.31. The molecule has 0 aromatic rings. The minimum absolute atomic E-state index is 0.327. The fourth-order valence-electron chi connectivity index (χ4n) is 1.62. The van der Waals surface area contributed by atoms with Crippen molar-refractivity contribution in [3.05, 3.63) is 0 Å². The lowest BCUT2D eigenvalue weighted by Gasteiger charge is -2.22. The van der Waals surface area contributed by atoms with Crippen LogP contribution < -0.4 is 0 Å². The Labute approximate surface area is 82.9 Å². The predicted octanol–water partition coefficient (Wildman–Crippen LogP) is 3.57. The maximum Gasteiger partial charge on any atom is 0.191 e. The van der Waals surface area contributed by atoms with Crippen LogP contribution in [0.1, 0.15) is 41.0 Å². The molecule has 0 amide bonds. The highest BCUT2D eigenvalue weighted by Gasteiger charge is 2.16. The Morgan fingerprint density at radius 3 is 2.31 bits per heavy atom. The Hall–Kier alpha value is 0.190. The minimum atomic E-state index is -1.76. The normalized spacial score (nSPS) is 17.0. The van der Waals surface area contributed by atoms with Gasteiger partial charge < -0.3 is 4.52 Å². The third-order valence-corrected chi connectivity index (χ3v) is 3.42. The van der Waals surface area contributed by atoms with E-state index in [4.69, 9.17) is 4.52 Å². The molecule has 0 heterocycles. The Morgan fingerprint density at radius 2 is 1.92 bits per heavy atom. The highest BCUT2D eigenvalue weighted by atomic mass is 31.1. The van der Waals surface area contributed by atoms with E-state index in [1.165, 1.54) is 0 Å². The van der Waals surface area contributed by atoms with Crippen LogP contribution in [0.4, 0.5) is 0 Å². The second-order valence-corrected chi connectivity index (χ2v) is 6.32. The van der Waals surface area contributed by atoms with Crippen LogP contribution in [0.15, 0.2) is 0 Å². The molecule has 2 nitrogen and oxygen atoms in total. The van der Waals surface area contributed by atoms with Crippen LogP contribution in [0.3, 0.4) is 0 Å². The fourth-order valence-corrected chi connectivity index (χ4v) is 2.78. The zero-order chi connectivity index (χ0) is 10.5. The summed E-state index contributed by atoms with van der Waals surface area (Å²) in [6.45, 7) is 11.2. The highest BCUT2D eigenvalue weighted by molar-refractivity contribution is 7.39. The van der Waals surface area contributed by atoms with Crippen LogP contribution in [-0.4, -0.2) is 12.8 Å². The van der Waals surface area contributed by atoms with Crippen molar-refractivity contribution < 1.29 is 9.09 Å². The molecule has 0 rings (SSSR count). The molecular weight excluding hydrogens is 183 g/mol. The summed E-state index contributed by atoms with van der Waals surface area (Å²) in [5, 5.41) is 0. The van der Waals surface area contributed by atoms with E-state index in [1.807, 2.05) is 6.92 Å². The largest absolute Gasteiger partial charge is 0.331 e. The summed E-state index contributed by atoms with van der Waals surface area (Å²) in [6, 6.07) is 0. The first-order chi connectivity index (χ1) is 5.85. The van der Waals surface area contributed by atoms with Crippen LogP contribution in [-0.2, 0) is 9.09 Å². The lowest BCUT2D eigenvalue weighted by atomic mass is 9.86. The molecule has 80 valence electrons. The van der Waals surface area contributed by atoms with Crippen molar-refractivity contribution in [1.82, 2.24) is 0 Å². The van der Waals surface area contributed by atoms with Crippen molar-refractivity contribution >= 4 is 8.03 Å². The van der Waals surface area contributed by atoms with Gasteiger partial charge in [0.05, 0.1) is 6.61 Å². The van der Waals surface area contributed by atoms with Gasteiger partial charge in [0, 0.05) is 6.16 Å². The lowest BCUT2D eigenvalue weighted by molar-refractivity contribution is 0.308. The lowest BCUT2D eigenvalue weighted by Crippen LogP contribution is -2.12. The molecule has 2 unspecified atom stereocenters. The quantitative estimate of drug-likeness (QED) is 0.643. The molecule has 0 aliphatic carbocycles. The molecule has 0 aromatic carbocycles.